The molecule has 76 valence electrons. The van der Waals surface area contributed by atoms with Gasteiger partial charge in [0.1, 0.15) is 11.3 Å². The van der Waals surface area contributed by atoms with Crippen molar-refractivity contribution in [2.45, 2.75) is 6.43 Å². The van der Waals surface area contributed by atoms with Crippen LogP contribution in [0.1, 0.15) is 22.5 Å². The summed E-state index contributed by atoms with van der Waals surface area (Å²) in [5.41, 5.74) is 3.00. The van der Waals surface area contributed by atoms with Crippen LogP contribution < -0.4 is 5.73 Å². The number of hydrogen-bond acceptors (Lipinski definition) is 4. The lowest BCUT2D eigenvalue weighted by Gasteiger charge is -2.07. The van der Waals surface area contributed by atoms with Crippen molar-refractivity contribution in [3.63, 3.8) is 0 Å². The smallest absolute Gasteiger partial charge is 0.271 e. The summed E-state index contributed by atoms with van der Waals surface area (Å²) in [7, 11) is 0. The maximum absolute atomic E-state index is 12.2. The Hall–Kier alpha value is -1.92. The fourth-order valence-electron chi connectivity index (χ4n) is 0.901. The van der Waals surface area contributed by atoms with E-state index in [4.69, 9.17) is 15.9 Å². The Balaban J connectivity index is 3.41. The van der Waals surface area contributed by atoms with Crippen molar-refractivity contribution < 1.29 is 23.8 Å². The van der Waals surface area contributed by atoms with Gasteiger partial charge in [-0.3, -0.25) is 4.79 Å². The van der Waals surface area contributed by atoms with Crippen molar-refractivity contribution in [3.05, 3.63) is 17.5 Å². The maximum Gasteiger partial charge on any atom is 0.271 e. The minimum atomic E-state index is -3.11. The molecule has 0 aliphatic heterocycles. The number of primary amides is 1. The van der Waals surface area contributed by atoms with Gasteiger partial charge in [0.15, 0.2) is 11.4 Å². The van der Waals surface area contributed by atoms with Gasteiger partial charge in [-0.2, -0.15) is 0 Å². The van der Waals surface area contributed by atoms with E-state index in [1.54, 1.807) is 0 Å². The van der Waals surface area contributed by atoms with Gasteiger partial charge in [0, 0.05) is 0 Å². The lowest BCUT2D eigenvalue weighted by Crippen LogP contribution is -2.14. The SMILES string of the molecule is NC(=O)c1ncc(O)c(C(F)F)c1O. The molecular weight excluding hydrogens is 198 g/mol. The molecule has 1 amide bonds. The average molecular weight is 204 g/mol. The van der Waals surface area contributed by atoms with E-state index in [1.165, 1.54) is 0 Å². The van der Waals surface area contributed by atoms with Gasteiger partial charge >= 0.3 is 0 Å². The Morgan fingerprint density at radius 1 is 1.50 bits per heavy atom. The van der Waals surface area contributed by atoms with Gasteiger partial charge in [-0.15, -0.1) is 0 Å². The van der Waals surface area contributed by atoms with Crippen LogP contribution in [0.5, 0.6) is 11.5 Å². The fourth-order valence-corrected chi connectivity index (χ4v) is 0.901. The van der Waals surface area contributed by atoms with Crippen molar-refractivity contribution in [2.24, 2.45) is 5.73 Å². The molecule has 0 bridgehead atoms. The highest BCUT2D eigenvalue weighted by atomic mass is 19.3. The van der Waals surface area contributed by atoms with Crippen molar-refractivity contribution >= 4 is 5.91 Å². The second-order valence-corrected chi connectivity index (χ2v) is 2.42. The zero-order valence-electron chi connectivity index (χ0n) is 6.74. The molecule has 1 aromatic rings. The summed E-state index contributed by atoms with van der Waals surface area (Å²) in [5, 5.41) is 18.0. The highest BCUT2D eigenvalue weighted by Gasteiger charge is 2.23. The quantitative estimate of drug-likeness (QED) is 0.654. The molecule has 0 radical (unpaired) electrons. The molecule has 0 aromatic carbocycles. The third kappa shape index (κ3) is 1.56. The molecule has 0 aliphatic rings. The molecule has 0 fully saturated rings. The minimum Gasteiger partial charge on any atom is -0.506 e. The number of nitrogens with zero attached hydrogens (tertiary/aromatic N) is 1. The summed E-state index contributed by atoms with van der Waals surface area (Å²) in [5.74, 6) is -3.13. The molecule has 4 N–H and O–H groups in total. The minimum absolute atomic E-state index is 0.626. The van der Waals surface area contributed by atoms with Crippen molar-refractivity contribution in [1.29, 1.82) is 0 Å². The summed E-state index contributed by atoms with van der Waals surface area (Å²) in [6.07, 6.45) is -2.49. The zero-order valence-corrected chi connectivity index (χ0v) is 6.74. The molecule has 0 saturated heterocycles. The van der Waals surface area contributed by atoms with Gasteiger partial charge < -0.3 is 15.9 Å². The highest BCUT2D eigenvalue weighted by molar-refractivity contribution is 5.94. The Kier molecular flexibility index (Phi) is 2.50. The van der Waals surface area contributed by atoms with E-state index in [9.17, 15) is 13.6 Å². The fraction of sp³-hybridized carbons (Fsp3) is 0.143. The second-order valence-electron chi connectivity index (χ2n) is 2.42. The van der Waals surface area contributed by atoms with Crippen molar-refractivity contribution in [2.75, 3.05) is 0 Å². The molecule has 0 aliphatic carbocycles. The van der Waals surface area contributed by atoms with Crippen LogP contribution in [0.2, 0.25) is 0 Å². The number of nitrogens with two attached hydrogens (primary N) is 1. The van der Waals surface area contributed by atoms with Crippen molar-refractivity contribution in [3.8, 4) is 11.5 Å². The van der Waals surface area contributed by atoms with Gasteiger partial charge in [-0.25, -0.2) is 13.8 Å². The number of aromatic hydroxyl groups is 2. The lowest BCUT2D eigenvalue weighted by molar-refractivity contribution is 0.0990. The molecule has 5 nitrogen and oxygen atoms in total. The Morgan fingerprint density at radius 3 is 2.50 bits per heavy atom. The van der Waals surface area contributed by atoms with Crippen LogP contribution in [-0.2, 0) is 0 Å². The van der Waals surface area contributed by atoms with E-state index in [1.807, 2.05) is 0 Å². The van der Waals surface area contributed by atoms with Gasteiger partial charge in [-0.05, 0) is 0 Å². The summed E-state index contributed by atoms with van der Waals surface area (Å²) < 4.78 is 24.5. The average Bonchev–Trinajstić information content (AvgIpc) is 2.02. The Bertz CT molecular complexity index is 381. The standard InChI is InChI=1S/C7H6F2N2O3/c8-6(9)3-2(12)1-11-4(5(3)13)7(10)14/h1,6,12-13H,(H2,10,14). The number of rotatable bonds is 2. The first-order valence-electron chi connectivity index (χ1n) is 3.44. The van der Waals surface area contributed by atoms with Crippen LogP contribution in [-0.4, -0.2) is 21.1 Å². The van der Waals surface area contributed by atoms with E-state index in [-0.39, 0.29) is 0 Å². The first-order chi connectivity index (χ1) is 6.45. The molecule has 1 aromatic heterocycles. The summed E-state index contributed by atoms with van der Waals surface area (Å²) in [6.45, 7) is 0. The molecule has 14 heavy (non-hydrogen) atoms. The third-order valence-electron chi connectivity index (χ3n) is 1.52. The topological polar surface area (TPSA) is 96.4 Å². The molecule has 1 rings (SSSR count). The van der Waals surface area contributed by atoms with Gasteiger partial charge in [0.05, 0.1) is 6.20 Å². The van der Waals surface area contributed by atoms with Crippen LogP contribution in [0.15, 0.2) is 6.20 Å². The van der Waals surface area contributed by atoms with Gasteiger partial charge in [0.25, 0.3) is 12.3 Å². The first-order valence-corrected chi connectivity index (χ1v) is 3.44. The summed E-state index contributed by atoms with van der Waals surface area (Å²) in [4.78, 5) is 13.8. The number of carbonyl (C=O) groups is 1. The third-order valence-corrected chi connectivity index (χ3v) is 1.52. The molecule has 1 heterocycles. The predicted octanol–water partition coefficient (Wildman–Crippen LogP) is 0.529. The summed E-state index contributed by atoms with van der Waals surface area (Å²) in [6, 6.07) is 0. The molecule has 0 saturated carbocycles. The number of hydrogen-bond donors (Lipinski definition) is 3. The van der Waals surface area contributed by atoms with Crippen LogP contribution in [0, 0.1) is 0 Å². The van der Waals surface area contributed by atoms with Gasteiger partial charge in [-0.1, -0.05) is 0 Å². The van der Waals surface area contributed by atoms with Crippen molar-refractivity contribution in [1.82, 2.24) is 4.98 Å². The normalized spacial score (nSPS) is 10.5. The molecule has 0 atom stereocenters. The largest absolute Gasteiger partial charge is 0.506 e. The Morgan fingerprint density at radius 2 is 2.07 bits per heavy atom. The molecular formula is C7H6F2N2O3. The van der Waals surface area contributed by atoms with Crippen LogP contribution in [0.4, 0.5) is 8.78 Å². The highest BCUT2D eigenvalue weighted by Crippen LogP contribution is 2.36. The second kappa shape index (κ2) is 3.44. The van der Waals surface area contributed by atoms with E-state index in [2.05, 4.69) is 4.98 Å². The number of amides is 1. The number of aromatic nitrogens is 1. The zero-order chi connectivity index (χ0) is 10.9. The number of pyridine rings is 1. The number of halogens is 2. The van der Waals surface area contributed by atoms with E-state index in [0.717, 1.165) is 0 Å². The van der Waals surface area contributed by atoms with E-state index in [0.29, 0.717) is 6.20 Å². The predicted molar refractivity (Wildman–Crippen MR) is 41.0 cm³/mol. The monoisotopic (exact) mass is 204 g/mol. The van der Waals surface area contributed by atoms with Gasteiger partial charge in [0.2, 0.25) is 0 Å². The van der Waals surface area contributed by atoms with E-state index < -0.39 is 35.1 Å². The van der Waals surface area contributed by atoms with E-state index >= 15 is 0 Å². The van der Waals surface area contributed by atoms with Crippen LogP contribution in [0.25, 0.3) is 0 Å². The number of carbonyl (C=O) groups excluding carboxylic acids is 1. The Labute approximate surface area is 76.8 Å². The number of alkyl halides is 2. The maximum atomic E-state index is 12.2. The van der Waals surface area contributed by atoms with Crippen LogP contribution in [0.3, 0.4) is 0 Å². The van der Waals surface area contributed by atoms with Crippen LogP contribution >= 0.6 is 0 Å². The molecule has 0 spiro atoms. The molecule has 7 heteroatoms. The first kappa shape index (κ1) is 10.2. The molecule has 0 unspecified atom stereocenters. The summed E-state index contributed by atoms with van der Waals surface area (Å²) >= 11 is 0. The lowest BCUT2D eigenvalue weighted by atomic mass is 10.2.